The summed E-state index contributed by atoms with van der Waals surface area (Å²) < 4.78 is 11.3. The normalized spacial score (nSPS) is 10.1. The molecule has 0 aliphatic carbocycles. The van der Waals surface area contributed by atoms with Crippen LogP contribution in [0, 0.1) is 6.92 Å². The van der Waals surface area contributed by atoms with Crippen LogP contribution in [-0.4, -0.2) is 20.1 Å². The number of carbonyl (C=O) groups excluding carboxylic acids is 1. The number of carbonyl (C=O) groups is 1. The summed E-state index contributed by atoms with van der Waals surface area (Å²) in [6.07, 6.45) is 0. The van der Waals surface area contributed by atoms with Crippen molar-refractivity contribution in [1.82, 2.24) is 0 Å². The Bertz CT molecular complexity index is 650. The molecular formula is C16H16BrNO3. The van der Waals surface area contributed by atoms with Crippen molar-refractivity contribution in [3.8, 4) is 11.5 Å². The Kier molecular flexibility index (Phi) is 4.85. The fraction of sp³-hybridized carbons (Fsp3) is 0.188. The molecule has 0 unspecified atom stereocenters. The van der Waals surface area contributed by atoms with Crippen LogP contribution in [0.15, 0.2) is 40.9 Å². The second-order valence-electron chi connectivity index (χ2n) is 4.54. The minimum absolute atomic E-state index is 0.201. The van der Waals surface area contributed by atoms with Gasteiger partial charge >= 0.3 is 0 Å². The number of aryl methyl sites for hydroxylation is 1. The number of benzene rings is 2. The van der Waals surface area contributed by atoms with Gasteiger partial charge in [-0.25, -0.2) is 0 Å². The second kappa shape index (κ2) is 6.63. The lowest BCUT2D eigenvalue weighted by Crippen LogP contribution is -2.12. The zero-order chi connectivity index (χ0) is 15.4. The molecule has 5 heteroatoms. The summed E-state index contributed by atoms with van der Waals surface area (Å²) >= 11 is 3.41. The van der Waals surface area contributed by atoms with Gasteiger partial charge < -0.3 is 14.8 Å². The predicted molar refractivity (Wildman–Crippen MR) is 86.4 cm³/mol. The molecule has 0 aliphatic heterocycles. The summed E-state index contributed by atoms with van der Waals surface area (Å²) in [5.41, 5.74) is 2.30. The Morgan fingerprint density at radius 1 is 1.05 bits per heavy atom. The van der Waals surface area contributed by atoms with E-state index in [0.717, 1.165) is 15.7 Å². The quantitative estimate of drug-likeness (QED) is 0.906. The largest absolute Gasteiger partial charge is 0.493 e. The van der Waals surface area contributed by atoms with Crippen molar-refractivity contribution < 1.29 is 14.3 Å². The molecule has 0 aromatic heterocycles. The predicted octanol–water partition coefficient (Wildman–Crippen LogP) is 4.03. The number of methoxy groups -OCH3 is 2. The molecule has 2 aromatic rings. The standard InChI is InChI=1S/C16H16BrNO3/c1-10-6-12(17)9-13(7-10)18-16(19)11-4-5-14(20-2)15(8-11)21-3/h4-9H,1-3H3,(H,18,19). The number of hydrogen-bond acceptors (Lipinski definition) is 3. The van der Waals surface area contributed by atoms with E-state index in [1.165, 1.54) is 7.11 Å². The van der Waals surface area contributed by atoms with E-state index >= 15 is 0 Å². The van der Waals surface area contributed by atoms with Gasteiger partial charge in [0.25, 0.3) is 5.91 Å². The van der Waals surface area contributed by atoms with Crippen molar-refractivity contribution in [2.45, 2.75) is 6.92 Å². The molecule has 0 saturated carbocycles. The minimum Gasteiger partial charge on any atom is -0.493 e. The highest BCUT2D eigenvalue weighted by molar-refractivity contribution is 9.10. The van der Waals surface area contributed by atoms with Crippen LogP contribution >= 0.6 is 15.9 Å². The summed E-state index contributed by atoms with van der Waals surface area (Å²) in [7, 11) is 3.10. The first kappa shape index (κ1) is 15.4. The Morgan fingerprint density at radius 3 is 2.38 bits per heavy atom. The number of anilines is 1. The number of halogens is 1. The van der Waals surface area contributed by atoms with Crippen molar-refractivity contribution in [2.75, 3.05) is 19.5 Å². The highest BCUT2D eigenvalue weighted by Crippen LogP contribution is 2.28. The van der Waals surface area contributed by atoms with Crippen molar-refractivity contribution in [3.63, 3.8) is 0 Å². The van der Waals surface area contributed by atoms with Crippen LogP contribution in [0.3, 0.4) is 0 Å². The van der Waals surface area contributed by atoms with E-state index in [9.17, 15) is 4.79 Å². The average Bonchev–Trinajstić information content (AvgIpc) is 2.45. The van der Waals surface area contributed by atoms with Gasteiger partial charge in [-0.15, -0.1) is 0 Å². The van der Waals surface area contributed by atoms with Crippen molar-refractivity contribution >= 4 is 27.5 Å². The lowest BCUT2D eigenvalue weighted by molar-refractivity contribution is 0.102. The lowest BCUT2D eigenvalue weighted by Gasteiger charge is -2.10. The molecule has 0 radical (unpaired) electrons. The summed E-state index contributed by atoms with van der Waals surface area (Å²) in [5.74, 6) is 0.913. The van der Waals surface area contributed by atoms with Crippen LogP contribution in [0.1, 0.15) is 15.9 Å². The van der Waals surface area contributed by atoms with E-state index in [4.69, 9.17) is 9.47 Å². The van der Waals surface area contributed by atoms with Crippen LogP contribution in [0.2, 0.25) is 0 Å². The average molecular weight is 350 g/mol. The summed E-state index contributed by atoms with van der Waals surface area (Å²) in [4.78, 5) is 12.3. The van der Waals surface area contributed by atoms with E-state index in [0.29, 0.717) is 17.1 Å². The third-order valence-electron chi connectivity index (χ3n) is 2.95. The van der Waals surface area contributed by atoms with Gasteiger partial charge in [-0.3, -0.25) is 4.79 Å². The third-order valence-corrected chi connectivity index (χ3v) is 3.40. The van der Waals surface area contributed by atoms with Gasteiger partial charge in [0.1, 0.15) is 0 Å². The molecule has 21 heavy (non-hydrogen) atoms. The summed E-state index contributed by atoms with van der Waals surface area (Å²) in [6, 6.07) is 10.8. The van der Waals surface area contributed by atoms with Crippen molar-refractivity contribution in [3.05, 3.63) is 52.0 Å². The molecule has 1 amide bonds. The van der Waals surface area contributed by atoms with Crippen LogP contribution in [0.5, 0.6) is 11.5 Å². The van der Waals surface area contributed by atoms with E-state index in [1.54, 1.807) is 25.3 Å². The van der Waals surface area contributed by atoms with Gasteiger partial charge in [0.15, 0.2) is 11.5 Å². The molecule has 0 bridgehead atoms. The molecular weight excluding hydrogens is 334 g/mol. The molecule has 0 aliphatic rings. The topological polar surface area (TPSA) is 47.6 Å². The highest BCUT2D eigenvalue weighted by atomic mass is 79.9. The number of amides is 1. The van der Waals surface area contributed by atoms with Gasteiger partial charge in [-0.2, -0.15) is 0 Å². The zero-order valence-electron chi connectivity index (χ0n) is 12.1. The smallest absolute Gasteiger partial charge is 0.255 e. The molecule has 0 saturated heterocycles. The fourth-order valence-corrected chi connectivity index (χ4v) is 2.60. The molecule has 1 N–H and O–H groups in total. The molecule has 0 atom stereocenters. The zero-order valence-corrected chi connectivity index (χ0v) is 13.7. The monoisotopic (exact) mass is 349 g/mol. The van der Waals surface area contributed by atoms with Crippen LogP contribution in [0.4, 0.5) is 5.69 Å². The number of ether oxygens (including phenoxy) is 2. The Labute approximate surface area is 132 Å². The van der Waals surface area contributed by atoms with E-state index in [1.807, 2.05) is 25.1 Å². The van der Waals surface area contributed by atoms with Crippen molar-refractivity contribution in [2.24, 2.45) is 0 Å². The van der Waals surface area contributed by atoms with Gasteiger partial charge in [-0.05, 0) is 48.9 Å². The van der Waals surface area contributed by atoms with Crippen LogP contribution in [-0.2, 0) is 0 Å². The van der Waals surface area contributed by atoms with E-state index in [-0.39, 0.29) is 5.91 Å². The second-order valence-corrected chi connectivity index (χ2v) is 5.46. The fourth-order valence-electron chi connectivity index (χ4n) is 1.99. The van der Waals surface area contributed by atoms with E-state index in [2.05, 4.69) is 21.2 Å². The summed E-state index contributed by atoms with van der Waals surface area (Å²) in [6.45, 7) is 1.97. The SMILES string of the molecule is COc1ccc(C(=O)Nc2cc(C)cc(Br)c2)cc1OC. The molecule has 0 spiro atoms. The lowest BCUT2D eigenvalue weighted by atomic mass is 10.1. The molecule has 0 fully saturated rings. The molecule has 0 heterocycles. The molecule has 110 valence electrons. The molecule has 4 nitrogen and oxygen atoms in total. The maximum atomic E-state index is 12.3. The highest BCUT2D eigenvalue weighted by Gasteiger charge is 2.11. The number of nitrogens with one attached hydrogen (secondary N) is 1. The number of hydrogen-bond donors (Lipinski definition) is 1. The third kappa shape index (κ3) is 3.76. The molecule has 2 aromatic carbocycles. The first-order chi connectivity index (χ1) is 10.0. The van der Waals surface area contributed by atoms with Crippen molar-refractivity contribution in [1.29, 1.82) is 0 Å². The van der Waals surface area contributed by atoms with Crippen LogP contribution < -0.4 is 14.8 Å². The van der Waals surface area contributed by atoms with E-state index < -0.39 is 0 Å². The van der Waals surface area contributed by atoms with Gasteiger partial charge in [0.05, 0.1) is 14.2 Å². The molecule has 2 rings (SSSR count). The van der Waals surface area contributed by atoms with Crippen LogP contribution in [0.25, 0.3) is 0 Å². The van der Waals surface area contributed by atoms with Gasteiger partial charge in [0, 0.05) is 15.7 Å². The Balaban J connectivity index is 2.24. The maximum Gasteiger partial charge on any atom is 0.255 e. The number of rotatable bonds is 4. The summed E-state index contributed by atoms with van der Waals surface area (Å²) in [5, 5.41) is 2.86. The first-order valence-electron chi connectivity index (χ1n) is 6.34. The minimum atomic E-state index is -0.201. The Hall–Kier alpha value is -2.01. The van der Waals surface area contributed by atoms with Gasteiger partial charge in [-0.1, -0.05) is 15.9 Å². The Morgan fingerprint density at radius 2 is 1.76 bits per heavy atom. The van der Waals surface area contributed by atoms with Gasteiger partial charge in [0.2, 0.25) is 0 Å². The maximum absolute atomic E-state index is 12.3. The first-order valence-corrected chi connectivity index (χ1v) is 7.13.